The number of hydrogen-bond acceptors (Lipinski definition) is 8. The maximum atomic E-state index is 6.46. The quantitative estimate of drug-likeness (QED) is 0.298. The van der Waals surface area contributed by atoms with Gasteiger partial charge < -0.3 is 19.5 Å². The summed E-state index contributed by atoms with van der Waals surface area (Å²) in [6.45, 7) is 2.52. The minimum Gasteiger partial charge on any atom is -0.493 e. The zero-order valence-corrected chi connectivity index (χ0v) is 20.4. The first-order valence-corrected chi connectivity index (χ1v) is 12.5. The molecule has 0 radical (unpaired) electrons. The maximum Gasteiger partial charge on any atom is 0.247 e. The average Bonchev–Trinajstić information content (AvgIpc) is 3.07. The van der Waals surface area contributed by atoms with Crippen molar-refractivity contribution in [1.29, 1.82) is 0 Å². The van der Waals surface area contributed by atoms with Gasteiger partial charge >= 0.3 is 0 Å². The molecule has 0 spiro atoms. The second kappa shape index (κ2) is 10.7. The van der Waals surface area contributed by atoms with Crippen LogP contribution in [-0.4, -0.2) is 28.0 Å². The Morgan fingerprint density at radius 3 is 2.63 bits per heavy atom. The summed E-state index contributed by atoms with van der Waals surface area (Å²) < 4.78 is 18.4. The standard InChI is InChI=1S/C27H26N4O3S/c1-3-16-35-27-29-26-23(30-31-27)19-12-7-8-14-21(19)28-25(34-26)20-13-9-15-22(32-2)24(20)33-17-18-10-5-4-6-11-18/h4-15,25,28H,3,16-17H2,1-2H3/t25-/m1/s1. The molecule has 0 unspecified atom stereocenters. The molecule has 3 aromatic carbocycles. The molecule has 0 fully saturated rings. The summed E-state index contributed by atoms with van der Waals surface area (Å²) >= 11 is 1.56. The zero-order valence-electron chi connectivity index (χ0n) is 19.6. The normalized spacial score (nSPS) is 14.1. The summed E-state index contributed by atoms with van der Waals surface area (Å²) in [5, 5.41) is 12.9. The molecule has 5 rings (SSSR count). The molecule has 178 valence electrons. The smallest absolute Gasteiger partial charge is 0.247 e. The van der Waals surface area contributed by atoms with Crippen LogP contribution in [0.5, 0.6) is 17.4 Å². The Kier molecular flexibility index (Phi) is 6.99. The number of benzene rings is 3. The number of hydrogen-bond donors (Lipinski definition) is 1. The van der Waals surface area contributed by atoms with Crippen molar-refractivity contribution >= 4 is 17.4 Å². The molecule has 0 aliphatic carbocycles. The van der Waals surface area contributed by atoms with E-state index in [2.05, 4.69) is 22.4 Å². The molecular formula is C27H26N4O3S. The fourth-order valence-corrected chi connectivity index (χ4v) is 4.46. The highest BCUT2D eigenvalue weighted by Crippen LogP contribution is 2.43. The number of rotatable bonds is 8. The van der Waals surface area contributed by atoms with E-state index in [0.717, 1.165) is 34.6 Å². The van der Waals surface area contributed by atoms with Crippen LogP contribution >= 0.6 is 11.8 Å². The molecule has 1 aliphatic rings. The first-order valence-electron chi connectivity index (χ1n) is 11.5. The van der Waals surface area contributed by atoms with E-state index in [9.17, 15) is 0 Å². The Balaban J connectivity index is 1.55. The van der Waals surface area contributed by atoms with E-state index < -0.39 is 6.23 Å². The third-order valence-corrected chi connectivity index (χ3v) is 6.55. The van der Waals surface area contributed by atoms with Crippen LogP contribution in [0.15, 0.2) is 78.0 Å². The van der Waals surface area contributed by atoms with E-state index in [1.807, 2.05) is 72.8 Å². The monoisotopic (exact) mass is 486 g/mol. The van der Waals surface area contributed by atoms with Crippen LogP contribution in [0.2, 0.25) is 0 Å². The second-order valence-electron chi connectivity index (χ2n) is 7.94. The molecule has 0 amide bonds. The topological polar surface area (TPSA) is 78.4 Å². The lowest BCUT2D eigenvalue weighted by molar-refractivity contribution is 0.211. The van der Waals surface area contributed by atoms with Gasteiger partial charge in [0.25, 0.3) is 0 Å². The zero-order chi connectivity index (χ0) is 24.0. The molecule has 4 aromatic rings. The molecular weight excluding hydrogens is 460 g/mol. The number of ether oxygens (including phenoxy) is 3. The average molecular weight is 487 g/mol. The van der Waals surface area contributed by atoms with Crippen LogP contribution in [-0.2, 0) is 6.61 Å². The van der Waals surface area contributed by atoms with Crippen LogP contribution in [0.3, 0.4) is 0 Å². The van der Waals surface area contributed by atoms with Gasteiger partial charge in [-0.1, -0.05) is 73.3 Å². The first kappa shape index (κ1) is 23.0. The number of para-hydroxylation sites is 2. The van der Waals surface area contributed by atoms with E-state index in [4.69, 9.17) is 19.2 Å². The number of fused-ring (bicyclic) bond motifs is 3. The lowest BCUT2D eigenvalue weighted by Gasteiger charge is -2.23. The molecule has 1 aromatic heterocycles. The highest BCUT2D eigenvalue weighted by molar-refractivity contribution is 7.99. The molecule has 0 saturated heterocycles. The summed E-state index contributed by atoms with van der Waals surface area (Å²) in [7, 11) is 1.63. The fraction of sp³-hybridized carbons (Fsp3) is 0.222. The molecule has 0 saturated carbocycles. The van der Waals surface area contributed by atoms with E-state index in [-0.39, 0.29) is 0 Å². The van der Waals surface area contributed by atoms with Crippen molar-refractivity contribution in [3.05, 3.63) is 83.9 Å². The Morgan fingerprint density at radius 1 is 0.971 bits per heavy atom. The molecule has 1 aliphatic heterocycles. The molecule has 1 atom stereocenters. The van der Waals surface area contributed by atoms with Crippen LogP contribution in [0.25, 0.3) is 11.3 Å². The van der Waals surface area contributed by atoms with Crippen LogP contribution in [0.4, 0.5) is 5.69 Å². The molecule has 1 N–H and O–H groups in total. The van der Waals surface area contributed by atoms with Gasteiger partial charge in [-0.2, -0.15) is 4.98 Å². The van der Waals surface area contributed by atoms with E-state index in [1.54, 1.807) is 18.9 Å². The minimum atomic E-state index is -0.584. The Hall–Kier alpha value is -3.78. The van der Waals surface area contributed by atoms with Crippen LogP contribution in [0.1, 0.15) is 30.7 Å². The number of nitrogens with zero attached hydrogens (tertiary/aromatic N) is 3. The largest absolute Gasteiger partial charge is 0.493 e. The fourth-order valence-electron chi connectivity index (χ4n) is 3.83. The predicted molar refractivity (Wildman–Crippen MR) is 137 cm³/mol. The van der Waals surface area contributed by atoms with Gasteiger partial charge in [0.05, 0.1) is 12.7 Å². The third-order valence-electron chi connectivity index (χ3n) is 5.51. The van der Waals surface area contributed by atoms with Gasteiger partial charge in [-0.15, -0.1) is 10.2 Å². The van der Waals surface area contributed by atoms with Crippen molar-refractivity contribution in [1.82, 2.24) is 15.2 Å². The first-order chi connectivity index (χ1) is 17.3. The summed E-state index contributed by atoms with van der Waals surface area (Å²) in [5.41, 5.74) is 4.21. The van der Waals surface area contributed by atoms with Crippen LogP contribution < -0.4 is 19.5 Å². The number of methoxy groups -OCH3 is 1. The van der Waals surface area contributed by atoms with Crippen molar-refractivity contribution in [2.45, 2.75) is 31.3 Å². The number of aromatic nitrogens is 3. The van der Waals surface area contributed by atoms with Gasteiger partial charge in [-0.3, -0.25) is 0 Å². The molecule has 2 heterocycles. The van der Waals surface area contributed by atoms with Crippen molar-refractivity contribution in [2.75, 3.05) is 18.2 Å². The predicted octanol–water partition coefficient (Wildman–Crippen LogP) is 6.13. The van der Waals surface area contributed by atoms with Crippen LogP contribution in [0, 0.1) is 0 Å². The Bertz CT molecular complexity index is 1300. The highest BCUT2D eigenvalue weighted by Gasteiger charge is 2.29. The van der Waals surface area contributed by atoms with Gasteiger partial charge in [0.1, 0.15) is 6.61 Å². The maximum absolute atomic E-state index is 6.46. The van der Waals surface area contributed by atoms with Gasteiger partial charge in [0.15, 0.2) is 17.2 Å². The molecule has 35 heavy (non-hydrogen) atoms. The van der Waals surface area contributed by atoms with Gasteiger partial charge in [0, 0.05) is 17.0 Å². The summed E-state index contributed by atoms with van der Waals surface area (Å²) in [4.78, 5) is 4.71. The van der Waals surface area contributed by atoms with E-state index in [0.29, 0.717) is 34.8 Å². The molecule has 0 bridgehead atoms. The van der Waals surface area contributed by atoms with Gasteiger partial charge in [-0.05, 0) is 30.2 Å². The van der Waals surface area contributed by atoms with Crippen molar-refractivity contribution < 1.29 is 14.2 Å². The third kappa shape index (κ3) is 5.02. The number of anilines is 1. The summed E-state index contributed by atoms with van der Waals surface area (Å²) in [5.74, 6) is 2.57. The molecule has 8 heteroatoms. The number of nitrogens with one attached hydrogen (secondary N) is 1. The SMILES string of the molecule is CCCSc1nnc2c(n1)O[C@H](c1cccc(OC)c1OCc1ccccc1)Nc1ccccc1-2. The summed E-state index contributed by atoms with van der Waals surface area (Å²) in [6, 6.07) is 23.7. The highest BCUT2D eigenvalue weighted by atomic mass is 32.2. The Labute approximate surface area is 208 Å². The van der Waals surface area contributed by atoms with Crippen molar-refractivity contribution in [3.8, 4) is 28.6 Å². The lowest BCUT2D eigenvalue weighted by Crippen LogP contribution is -2.18. The van der Waals surface area contributed by atoms with Crippen molar-refractivity contribution in [3.63, 3.8) is 0 Å². The minimum absolute atomic E-state index is 0.398. The summed E-state index contributed by atoms with van der Waals surface area (Å²) in [6.07, 6.45) is 0.434. The Morgan fingerprint density at radius 2 is 1.80 bits per heavy atom. The lowest BCUT2D eigenvalue weighted by atomic mass is 10.1. The molecule has 7 nitrogen and oxygen atoms in total. The van der Waals surface area contributed by atoms with Gasteiger partial charge in [0.2, 0.25) is 17.3 Å². The van der Waals surface area contributed by atoms with Crippen molar-refractivity contribution in [2.24, 2.45) is 0 Å². The van der Waals surface area contributed by atoms with E-state index in [1.165, 1.54) is 0 Å². The number of thioether (sulfide) groups is 1. The second-order valence-corrected chi connectivity index (χ2v) is 9.00. The van der Waals surface area contributed by atoms with Gasteiger partial charge in [-0.25, -0.2) is 0 Å². The van der Waals surface area contributed by atoms with E-state index >= 15 is 0 Å².